The van der Waals surface area contributed by atoms with E-state index >= 15 is 0 Å². The average Bonchev–Trinajstić information content (AvgIpc) is 3.65. The van der Waals surface area contributed by atoms with Gasteiger partial charge in [-0.1, -0.05) is 12.1 Å². The standard InChI is InChI=1S/C29H39N9O/c1-29(2,3)37-13-11-35(12-14-37)19-23-31-24-26(34(23)4)32-28(33-27(24)36-15-17-39-18-16-36)38-22-8-6-5-7-21(22)30-25(38)20-9-10-20/h5-8,20H,9-19H2,1-4H3. The van der Waals surface area contributed by atoms with Gasteiger partial charge in [0.25, 0.3) is 0 Å². The highest BCUT2D eigenvalue weighted by Gasteiger charge is 2.32. The van der Waals surface area contributed by atoms with Gasteiger partial charge in [-0.2, -0.15) is 9.97 Å². The van der Waals surface area contributed by atoms with Gasteiger partial charge in [-0.25, -0.2) is 9.97 Å². The summed E-state index contributed by atoms with van der Waals surface area (Å²) in [4.78, 5) is 28.0. The number of anilines is 1. The molecule has 4 aromatic rings. The topological polar surface area (TPSA) is 80.4 Å². The summed E-state index contributed by atoms with van der Waals surface area (Å²) in [7, 11) is 2.10. The molecule has 3 aromatic heterocycles. The van der Waals surface area contributed by atoms with Crippen LogP contribution in [0.2, 0.25) is 0 Å². The first-order chi connectivity index (χ1) is 18.9. The van der Waals surface area contributed by atoms with E-state index in [1.165, 1.54) is 12.8 Å². The fourth-order valence-corrected chi connectivity index (χ4v) is 5.96. The van der Waals surface area contributed by atoms with Crippen LogP contribution in [0.25, 0.3) is 28.1 Å². The lowest BCUT2D eigenvalue weighted by molar-refractivity contribution is 0.0577. The van der Waals surface area contributed by atoms with Gasteiger partial charge in [0.05, 0.1) is 30.8 Å². The molecule has 0 radical (unpaired) electrons. The Labute approximate surface area is 229 Å². The zero-order valence-corrected chi connectivity index (χ0v) is 23.6. The van der Waals surface area contributed by atoms with E-state index in [1.807, 2.05) is 6.07 Å². The number of rotatable bonds is 5. The van der Waals surface area contributed by atoms with E-state index in [9.17, 15) is 0 Å². The van der Waals surface area contributed by atoms with E-state index in [1.54, 1.807) is 0 Å². The first-order valence-electron chi connectivity index (χ1n) is 14.4. The summed E-state index contributed by atoms with van der Waals surface area (Å²) in [5.74, 6) is 4.17. The zero-order chi connectivity index (χ0) is 26.7. The van der Waals surface area contributed by atoms with Gasteiger partial charge in [-0.15, -0.1) is 0 Å². The molecule has 10 heteroatoms. The summed E-state index contributed by atoms with van der Waals surface area (Å²) in [6.45, 7) is 14.9. The monoisotopic (exact) mass is 529 g/mol. The lowest BCUT2D eigenvalue weighted by atomic mass is 10.1. The quantitative estimate of drug-likeness (QED) is 0.390. The molecule has 2 aliphatic heterocycles. The summed E-state index contributed by atoms with van der Waals surface area (Å²) in [6.07, 6.45) is 2.33. The molecule has 1 aromatic carbocycles. The fourth-order valence-electron chi connectivity index (χ4n) is 5.96. The molecule has 0 atom stereocenters. The van der Waals surface area contributed by atoms with Crippen LogP contribution in [0.15, 0.2) is 24.3 Å². The third kappa shape index (κ3) is 4.58. The summed E-state index contributed by atoms with van der Waals surface area (Å²) >= 11 is 0. The number of benzene rings is 1. The molecule has 0 amide bonds. The van der Waals surface area contributed by atoms with E-state index in [2.05, 4.69) is 69.9 Å². The molecule has 1 aliphatic carbocycles. The number of para-hydroxylation sites is 2. The van der Waals surface area contributed by atoms with Crippen molar-refractivity contribution in [2.75, 3.05) is 57.4 Å². The molecule has 0 unspecified atom stereocenters. The second kappa shape index (κ2) is 9.53. The van der Waals surface area contributed by atoms with Gasteiger partial charge >= 0.3 is 0 Å². The maximum absolute atomic E-state index is 5.68. The Morgan fingerprint density at radius 2 is 1.64 bits per heavy atom. The number of ether oxygens (including phenoxy) is 1. The highest BCUT2D eigenvalue weighted by atomic mass is 16.5. The minimum absolute atomic E-state index is 0.208. The number of imidazole rings is 2. The minimum atomic E-state index is 0.208. The lowest BCUT2D eigenvalue weighted by Crippen LogP contribution is -2.53. The van der Waals surface area contributed by atoms with Gasteiger partial charge in [0.1, 0.15) is 11.6 Å². The van der Waals surface area contributed by atoms with Crippen molar-refractivity contribution in [2.24, 2.45) is 7.05 Å². The Hall–Kier alpha value is -3.08. The van der Waals surface area contributed by atoms with Crippen molar-refractivity contribution in [3.63, 3.8) is 0 Å². The van der Waals surface area contributed by atoms with Crippen molar-refractivity contribution in [1.29, 1.82) is 0 Å². The van der Waals surface area contributed by atoms with Crippen LogP contribution in [-0.4, -0.2) is 96.9 Å². The lowest BCUT2D eigenvalue weighted by Gasteiger charge is -2.42. The smallest absolute Gasteiger partial charge is 0.239 e. The molecule has 3 fully saturated rings. The molecule has 0 N–H and O–H groups in total. The molecule has 7 rings (SSSR count). The van der Waals surface area contributed by atoms with Crippen molar-refractivity contribution in [2.45, 2.75) is 51.6 Å². The second-order valence-corrected chi connectivity index (χ2v) is 12.2. The number of morpholine rings is 1. The predicted octanol–water partition coefficient (Wildman–Crippen LogP) is 3.33. The van der Waals surface area contributed by atoms with Gasteiger partial charge in [0.2, 0.25) is 5.95 Å². The summed E-state index contributed by atoms with van der Waals surface area (Å²) in [5, 5.41) is 0. The molecule has 3 aliphatic rings. The minimum Gasteiger partial charge on any atom is -0.378 e. The SMILES string of the molecule is Cn1c(CN2CCN(C(C)(C)C)CC2)nc2c(N3CCOCC3)nc(-n3c(C4CC4)nc4ccccc43)nc21. The molecule has 10 nitrogen and oxygen atoms in total. The van der Waals surface area contributed by atoms with Crippen LogP contribution < -0.4 is 4.90 Å². The predicted molar refractivity (Wildman–Crippen MR) is 153 cm³/mol. The number of fused-ring (bicyclic) bond motifs is 2. The van der Waals surface area contributed by atoms with Gasteiger partial charge in [0.15, 0.2) is 17.0 Å². The maximum Gasteiger partial charge on any atom is 0.239 e. The van der Waals surface area contributed by atoms with E-state index in [4.69, 9.17) is 24.7 Å². The molecular formula is C29H39N9O. The van der Waals surface area contributed by atoms with Gasteiger partial charge in [0, 0.05) is 57.8 Å². The number of nitrogens with zero attached hydrogens (tertiary/aromatic N) is 9. The average molecular weight is 530 g/mol. The Bertz CT molecular complexity index is 1500. The highest BCUT2D eigenvalue weighted by molar-refractivity contribution is 5.86. The fraction of sp³-hybridized carbons (Fsp3) is 0.586. The van der Waals surface area contributed by atoms with Crippen molar-refractivity contribution in [3.05, 3.63) is 35.9 Å². The first kappa shape index (κ1) is 24.9. The van der Waals surface area contributed by atoms with Crippen LogP contribution >= 0.6 is 0 Å². The van der Waals surface area contributed by atoms with Crippen LogP contribution in [-0.2, 0) is 18.3 Å². The number of hydrogen-bond acceptors (Lipinski definition) is 8. The van der Waals surface area contributed by atoms with Crippen molar-refractivity contribution < 1.29 is 4.74 Å². The molecule has 39 heavy (non-hydrogen) atoms. The van der Waals surface area contributed by atoms with Crippen LogP contribution in [0.5, 0.6) is 0 Å². The van der Waals surface area contributed by atoms with Crippen LogP contribution in [0.4, 0.5) is 5.82 Å². The number of piperazine rings is 1. The molecular weight excluding hydrogens is 490 g/mol. The zero-order valence-electron chi connectivity index (χ0n) is 23.6. The van der Waals surface area contributed by atoms with Gasteiger partial charge in [-0.05, 0) is 45.7 Å². The third-order valence-corrected chi connectivity index (χ3v) is 8.51. The summed E-state index contributed by atoms with van der Waals surface area (Å²) in [6, 6.07) is 8.33. The Balaban J connectivity index is 1.31. The Morgan fingerprint density at radius 1 is 0.897 bits per heavy atom. The Kier molecular flexibility index (Phi) is 6.09. The summed E-state index contributed by atoms with van der Waals surface area (Å²) < 4.78 is 10.0. The van der Waals surface area contributed by atoms with Crippen molar-refractivity contribution in [3.8, 4) is 5.95 Å². The molecule has 0 bridgehead atoms. The number of aromatic nitrogens is 6. The van der Waals surface area contributed by atoms with Crippen molar-refractivity contribution in [1.82, 2.24) is 38.9 Å². The van der Waals surface area contributed by atoms with Crippen LogP contribution in [0, 0.1) is 0 Å². The Morgan fingerprint density at radius 3 is 2.36 bits per heavy atom. The second-order valence-electron chi connectivity index (χ2n) is 12.2. The number of hydrogen-bond donors (Lipinski definition) is 0. The number of aryl methyl sites for hydroxylation is 1. The first-order valence-corrected chi connectivity index (χ1v) is 14.4. The molecule has 1 saturated carbocycles. The van der Waals surface area contributed by atoms with Crippen molar-refractivity contribution >= 4 is 28.0 Å². The van der Waals surface area contributed by atoms with E-state index in [0.717, 1.165) is 85.5 Å². The van der Waals surface area contributed by atoms with E-state index in [0.29, 0.717) is 25.1 Å². The van der Waals surface area contributed by atoms with Gasteiger partial charge < -0.3 is 14.2 Å². The maximum atomic E-state index is 5.68. The molecule has 206 valence electrons. The third-order valence-electron chi connectivity index (χ3n) is 8.51. The highest BCUT2D eigenvalue weighted by Crippen LogP contribution is 2.42. The summed E-state index contributed by atoms with van der Waals surface area (Å²) in [5.41, 5.74) is 4.02. The van der Waals surface area contributed by atoms with E-state index < -0.39 is 0 Å². The van der Waals surface area contributed by atoms with E-state index in [-0.39, 0.29) is 5.54 Å². The molecule has 2 saturated heterocycles. The normalized spacial score (nSPS) is 19.9. The largest absolute Gasteiger partial charge is 0.378 e. The molecule has 0 spiro atoms. The van der Waals surface area contributed by atoms with Gasteiger partial charge in [-0.3, -0.25) is 14.4 Å². The van der Waals surface area contributed by atoms with Crippen LogP contribution in [0.1, 0.15) is 51.2 Å². The molecule has 5 heterocycles. The van der Waals surface area contributed by atoms with Crippen LogP contribution in [0.3, 0.4) is 0 Å².